The molecule has 0 aromatic heterocycles. The Bertz CT molecular complexity index is 479. The number of carbonyl (C=O) groups is 1. The number of hydrogen-bond donors (Lipinski definition) is 0. The molecule has 2 aromatic carbocycles. The van der Waals surface area contributed by atoms with Crippen LogP contribution in [0.25, 0.3) is 10.8 Å². The minimum atomic E-state index is -0.819. The molecule has 0 N–H and O–H groups in total. The van der Waals surface area contributed by atoms with Gasteiger partial charge in [-0.25, -0.2) is 4.79 Å². The predicted octanol–water partition coefficient (Wildman–Crippen LogP) is 3.58. The molecule has 0 unspecified atom stereocenters. The molecule has 0 radical (unpaired) electrons. The monoisotopic (exact) mass is 206 g/mol. The summed E-state index contributed by atoms with van der Waals surface area (Å²) in [4.78, 5) is 10.5. The Labute approximate surface area is 86.1 Å². The van der Waals surface area contributed by atoms with E-state index in [1.165, 1.54) is 0 Å². The van der Waals surface area contributed by atoms with Gasteiger partial charge in [0.2, 0.25) is 0 Å². The Morgan fingerprint density at radius 2 is 1.79 bits per heavy atom. The van der Waals surface area contributed by atoms with Crippen molar-refractivity contribution in [2.45, 2.75) is 0 Å². The third kappa shape index (κ3) is 1.86. The van der Waals surface area contributed by atoms with Gasteiger partial charge in [-0.2, -0.15) is 0 Å². The van der Waals surface area contributed by atoms with Crippen molar-refractivity contribution in [3.05, 3.63) is 42.5 Å². The molecule has 0 heterocycles. The van der Waals surface area contributed by atoms with Crippen molar-refractivity contribution in [2.75, 3.05) is 0 Å². The molecule has 2 rings (SSSR count). The molecule has 2 nitrogen and oxygen atoms in total. The van der Waals surface area contributed by atoms with Crippen LogP contribution in [0, 0.1) is 0 Å². The highest BCUT2D eigenvalue weighted by atomic mass is 35.5. The molecule has 2 aromatic rings. The summed E-state index contributed by atoms with van der Waals surface area (Å²) in [7, 11) is 0. The van der Waals surface area contributed by atoms with Gasteiger partial charge in [0.05, 0.1) is 0 Å². The van der Waals surface area contributed by atoms with Crippen LogP contribution in [0.1, 0.15) is 0 Å². The minimum absolute atomic E-state index is 0.462. The van der Waals surface area contributed by atoms with Crippen LogP contribution < -0.4 is 4.74 Å². The number of ether oxygens (including phenoxy) is 1. The number of benzene rings is 2. The highest BCUT2D eigenvalue weighted by molar-refractivity contribution is 6.61. The third-order valence-corrected chi connectivity index (χ3v) is 2.00. The van der Waals surface area contributed by atoms with E-state index in [1.807, 2.05) is 30.3 Å². The quantitative estimate of drug-likeness (QED) is 0.667. The molecule has 70 valence electrons. The lowest BCUT2D eigenvalue weighted by molar-refractivity contribution is 0.225. The lowest BCUT2D eigenvalue weighted by atomic mass is 10.1. The van der Waals surface area contributed by atoms with Crippen LogP contribution in [0.15, 0.2) is 42.5 Å². The Kier molecular flexibility index (Phi) is 2.37. The minimum Gasteiger partial charge on any atom is -0.414 e. The predicted molar refractivity (Wildman–Crippen MR) is 55.8 cm³/mol. The summed E-state index contributed by atoms with van der Waals surface area (Å²) < 4.78 is 4.75. The molecule has 3 heteroatoms. The van der Waals surface area contributed by atoms with Crippen molar-refractivity contribution in [3.8, 4) is 5.75 Å². The van der Waals surface area contributed by atoms with E-state index < -0.39 is 5.43 Å². The lowest BCUT2D eigenvalue weighted by Crippen LogP contribution is -1.95. The maximum atomic E-state index is 10.5. The molecule has 0 fully saturated rings. The SMILES string of the molecule is O=C(Cl)Oc1ccc2ccccc2c1. The number of fused-ring (bicyclic) bond motifs is 1. The summed E-state index contributed by atoms with van der Waals surface area (Å²) in [5, 5.41) is 2.12. The molecule has 0 aliphatic heterocycles. The third-order valence-electron chi connectivity index (χ3n) is 1.92. The van der Waals surface area contributed by atoms with Crippen molar-refractivity contribution in [3.63, 3.8) is 0 Å². The Hall–Kier alpha value is -1.54. The van der Waals surface area contributed by atoms with Gasteiger partial charge < -0.3 is 4.74 Å². The van der Waals surface area contributed by atoms with E-state index in [-0.39, 0.29) is 0 Å². The fraction of sp³-hybridized carbons (Fsp3) is 0. The van der Waals surface area contributed by atoms with E-state index in [1.54, 1.807) is 12.1 Å². The van der Waals surface area contributed by atoms with Gasteiger partial charge in [0, 0.05) is 11.6 Å². The number of carbonyl (C=O) groups excluding carboxylic acids is 1. The summed E-state index contributed by atoms with van der Waals surface area (Å²) in [5.74, 6) is 0.462. The van der Waals surface area contributed by atoms with Crippen LogP contribution in [0.2, 0.25) is 0 Å². The molecule has 0 saturated carbocycles. The largest absolute Gasteiger partial charge is 0.414 e. The highest BCUT2D eigenvalue weighted by Crippen LogP contribution is 2.20. The van der Waals surface area contributed by atoms with Gasteiger partial charge in [0.15, 0.2) is 0 Å². The first-order valence-electron chi connectivity index (χ1n) is 4.12. The van der Waals surface area contributed by atoms with Gasteiger partial charge in [-0.1, -0.05) is 30.3 Å². The van der Waals surface area contributed by atoms with Gasteiger partial charge in [-0.3, -0.25) is 0 Å². The zero-order valence-corrected chi connectivity index (χ0v) is 7.99. The van der Waals surface area contributed by atoms with Crippen LogP contribution in [-0.4, -0.2) is 5.43 Å². The maximum absolute atomic E-state index is 10.5. The van der Waals surface area contributed by atoms with Gasteiger partial charge in [0.25, 0.3) is 0 Å². The van der Waals surface area contributed by atoms with Gasteiger partial charge >= 0.3 is 5.43 Å². The number of rotatable bonds is 1. The molecule has 0 atom stereocenters. The zero-order chi connectivity index (χ0) is 9.97. The van der Waals surface area contributed by atoms with E-state index in [0.29, 0.717) is 5.75 Å². The van der Waals surface area contributed by atoms with Crippen LogP contribution in [0.5, 0.6) is 5.75 Å². The van der Waals surface area contributed by atoms with Crippen molar-refractivity contribution in [1.29, 1.82) is 0 Å². The second-order valence-corrected chi connectivity index (χ2v) is 3.16. The first kappa shape index (κ1) is 9.03. The first-order valence-corrected chi connectivity index (χ1v) is 4.49. The fourth-order valence-electron chi connectivity index (χ4n) is 1.32. The molecule has 0 spiro atoms. The van der Waals surface area contributed by atoms with E-state index in [9.17, 15) is 4.79 Å². The average Bonchev–Trinajstić information content (AvgIpc) is 2.17. The normalized spacial score (nSPS) is 10.1. The molecular formula is C11H7ClO2. The van der Waals surface area contributed by atoms with Gasteiger partial charge in [-0.05, 0) is 22.9 Å². The molecule has 0 amide bonds. The second-order valence-electron chi connectivity index (χ2n) is 2.85. The van der Waals surface area contributed by atoms with Crippen molar-refractivity contribution in [2.24, 2.45) is 0 Å². The van der Waals surface area contributed by atoms with E-state index in [4.69, 9.17) is 16.3 Å². The van der Waals surface area contributed by atoms with Crippen LogP contribution >= 0.6 is 11.6 Å². The summed E-state index contributed by atoms with van der Waals surface area (Å²) in [6.45, 7) is 0. The fourth-order valence-corrected chi connectivity index (χ4v) is 1.41. The standard InChI is InChI=1S/C11H7ClO2/c12-11(13)14-10-6-5-8-3-1-2-4-9(8)7-10/h1-7H. The molecule has 0 aliphatic carbocycles. The average molecular weight is 207 g/mol. The maximum Gasteiger partial charge on any atom is 0.409 e. The molecule has 0 saturated heterocycles. The van der Waals surface area contributed by atoms with E-state index >= 15 is 0 Å². The van der Waals surface area contributed by atoms with Crippen LogP contribution in [0.4, 0.5) is 4.79 Å². The molecule has 14 heavy (non-hydrogen) atoms. The van der Waals surface area contributed by atoms with Crippen molar-refractivity contribution < 1.29 is 9.53 Å². The smallest absolute Gasteiger partial charge is 0.409 e. The second kappa shape index (κ2) is 3.68. The zero-order valence-electron chi connectivity index (χ0n) is 7.24. The Morgan fingerprint density at radius 1 is 1.07 bits per heavy atom. The van der Waals surface area contributed by atoms with Gasteiger partial charge in [-0.15, -0.1) is 0 Å². The molecule has 0 aliphatic rings. The Morgan fingerprint density at radius 3 is 2.50 bits per heavy atom. The van der Waals surface area contributed by atoms with E-state index in [0.717, 1.165) is 10.8 Å². The summed E-state index contributed by atoms with van der Waals surface area (Å²) in [5.41, 5.74) is -0.819. The van der Waals surface area contributed by atoms with E-state index in [2.05, 4.69) is 0 Å². The Balaban J connectivity index is 2.46. The summed E-state index contributed by atoms with van der Waals surface area (Å²) >= 11 is 5.10. The highest BCUT2D eigenvalue weighted by Gasteiger charge is 2.00. The number of hydrogen-bond acceptors (Lipinski definition) is 2. The molecule has 0 bridgehead atoms. The van der Waals surface area contributed by atoms with Crippen LogP contribution in [0.3, 0.4) is 0 Å². The first-order chi connectivity index (χ1) is 6.75. The molecular weight excluding hydrogens is 200 g/mol. The number of halogens is 1. The summed E-state index contributed by atoms with van der Waals surface area (Å²) in [6, 6.07) is 13.2. The van der Waals surface area contributed by atoms with Crippen molar-refractivity contribution in [1.82, 2.24) is 0 Å². The summed E-state index contributed by atoms with van der Waals surface area (Å²) in [6.07, 6.45) is 0. The van der Waals surface area contributed by atoms with Crippen LogP contribution in [-0.2, 0) is 0 Å². The van der Waals surface area contributed by atoms with Gasteiger partial charge in [0.1, 0.15) is 5.75 Å². The van der Waals surface area contributed by atoms with Crippen molar-refractivity contribution >= 4 is 27.8 Å². The lowest BCUT2D eigenvalue weighted by Gasteiger charge is -2.01. The topological polar surface area (TPSA) is 26.3 Å².